The molecule has 1 atom stereocenters. The van der Waals surface area contributed by atoms with Crippen LogP contribution in [0.25, 0.3) is 0 Å². The fourth-order valence-electron chi connectivity index (χ4n) is 3.35. The van der Waals surface area contributed by atoms with E-state index in [-0.39, 0.29) is 11.5 Å². The van der Waals surface area contributed by atoms with Crippen molar-refractivity contribution in [3.8, 4) is 5.75 Å². The maximum Gasteiger partial charge on any atom is 0.142 e. The van der Waals surface area contributed by atoms with Gasteiger partial charge in [-0.05, 0) is 34.2 Å². The first kappa shape index (κ1) is 15.9. The van der Waals surface area contributed by atoms with Gasteiger partial charge in [0.25, 0.3) is 0 Å². The Morgan fingerprint density at radius 3 is 2.57 bits per heavy atom. The van der Waals surface area contributed by atoms with Crippen molar-refractivity contribution in [1.82, 2.24) is 0 Å². The summed E-state index contributed by atoms with van der Waals surface area (Å²) in [6.45, 7) is 8.22. The van der Waals surface area contributed by atoms with Crippen LogP contribution in [0.1, 0.15) is 43.5 Å². The Labute approximate surface area is 139 Å². The van der Waals surface area contributed by atoms with E-state index in [9.17, 15) is 0 Å². The predicted octanol–water partition coefficient (Wildman–Crippen LogP) is 4.01. The quantitative estimate of drug-likeness (QED) is 0.931. The molecule has 3 nitrogen and oxygen atoms in total. The lowest BCUT2D eigenvalue weighted by Gasteiger charge is -2.28. The zero-order valence-corrected chi connectivity index (χ0v) is 14.5. The highest BCUT2D eigenvalue weighted by Crippen LogP contribution is 2.42. The number of hydrogen-bond donors (Lipinski definition) is 1. The number of methoxy groups -OCH3 is 1. The van der Waals surface area contributed by atoms with Gasteiger partial charge in [-0.15, -0.1) is 0 Å². The molecule has 1 heterocycles. The summed E-state index contributed by atoms with van der Waals surface area (Å²) in [5, 5.41) is 0. The minimum Gasteiger partial charge on any atom is -0.495 e. The molecular formula is C20H26N2O. The fourth-order valence-corrected chi connectivity index (χ4v) is 3.35. The molecule has 1 aliphatic heterocycles. The molecule has 3 rings (SSSR count). The number of para-hydroxylation sites is 2. The van der Waals surface area contributed by atoms with Crippen molar-refractivity contribution in [2.24, 2.45) is 5.73 Å². The van der Waals surface area contributed by atoms with E-state index >= 15 is 0 Å². The van der Waals surface area contributed by atoms with Crippen molar-refractivity contribution < 1.29 is 4.74 Å². The highest BCUT2D eigenvalue weighted by molar-refractivity contribution is 5.63. The highest BCUT2D eigenvalue weighted by atomic mass is 16.5. The maximum absolute atomic E-state index is 6.14. The van der Waals surface area contributed by atoms with Crippen molar-refractivity contribution >= 4 is 5.69 Å². The third-order valence-corrected chi connectivity index (χ3v) is 4.71. The summed E-state index contributed by atoms with van der Waals surface area (Å²) in [5.41, 5.74) is 11.5. The molecular weight excluding hydrogens is 284 g/mol. The minimum absolute atomic E-state index is 0.145. The van der Waals surface area contributed by atoms with Gasteiger partial charge in [-0.2, -0.15) is 0 Å². The Kier molecular flexibility index (Phi) is 4.07. The van der Waals surface area contributed by atoms with Gasteiger partial charge in [-0.25, -0.2) is 0 Å². The van der Waals surface area contributed by atoms with E-state index in [2.05, 4.69) is 56.0 Å². The van der Waals surface area contributed by atoms with Gasteiger partial charge in [0.2, 0.25) is 0 Å². The Bertz CT molecular complexity index is 703. The topological polar surface area (TPSA) is 38.5 Å². The predicted molar refractivity (Wildman–Crippen MR) is 96.1 cm³/mol. The molecule has 0 fully saturated rings. The second kappa shape index (κ2) is 5.89. The largest absolute Gasteiger partial charge is 0.495 e. The zero-order valence-electron chi connectivity index (χ0n) is 14.5. The van der Waals surface area contributed by atoms with Crippen LogP contribution in [0.4, 0.5) is 5.69 Å². The summed E-state index contributed by atoms with van der Waals surface area (Å²) in [6, 6.07) is 15.2. The molecule has 122 valence electrons. The first-order valence-corrected chi connectivity index (χ1v) is 8.18. The summed E-state index contributed by atoms with van der Waals surface area (Å²) < 4.78 is 5.54. The molecule has 3 heteroatoms. The minimum atomic E-state index is 0.145. The second-order valence-corrected chi connectivity index (χ2v) is 7.21. The summed E-state index contributed by atoms with van der Waals surface area (Å²) in [5.74, 6) is 0.898. The van der Waals surface area contributed by atoms with Gasteiger partial charge in [0, 0.05) is 13.1 Å². The number of anilines is 1. The normalized spacial score (nSPS) is 17.3. The maximum atomic E-state index is 6.14. The van der Waals surface area contributed by atoms with Crippen LogP contribution in [0.15, 0.2) is 42.5 Å². The van der Waals surface area contributed by atoms with Crippen molar-refractivity contribution in [2.75, 3.05) is 18.6 Å². The van der Waals surface area contributed by atoms with Gasteiger partial charge < -0.3 is 15.4 Å². The Morgan fingerprint density at radius 2 is 1.91 bits per heavy atom. The van der Waals surface area contributed by atoms with Crippen molar-refractivity contribution in [3.05, 3.63) is 59.2 Å². The van der Waals surface area contributed by atoms with Crippen LogP contribution in [0, 0.1) is 0 Å². The van der Waals surface area contributed by atoms with E-state index in [1.165, 1.54) is 16.7 Å². The number of hydrogen-bond acceptors (Lipinski definition) is 3. The average Bonchev–Trinajstić information content (AvgIpc) is 2.91. The molecule has 2 aromatic carbocycles. The third-order valence-electron chi connectivity index (χ3n) is 4.71. The van der Waals surface area contributed by atoms with Gasteiger partial charge in [0.05, 0.1) is 18.8 Å². The number of fused-ring (bicyclic) bond motifs is 1. The van der Waals surface area contributed by atoms with Crippen LogP contribution < -0.4 is 15.4 Å². The third kappa shape index (κ3) is 2.81. The molecule has 0 amide bonds. The van der Waals surface area contributed by atoms with Crippen LogP contribution in [-0.4, -0.2) is 13.7 Å². The summed E-state index contributed by atoms with van der Waals surface area (Å²) in [6.07, 6.45) is 0. The van der Waals surface area contributed by atoms with E-state index in [4.69, 9.17) is 10.5 Å². The molecule has 0 bridgehead atoms. The molecule has 2 N–H and O–H groups in total. The zero-order chi connectivity index (χ0) is 16.6. The molecule has 0 spiro atoms. The molecule has 23 heavy (non-hydrogen) atoms. The van der Waals surface area contributed by atoms with E-state index in [1.54, 1.807) is 7.11 Å². The van der Waals surface area contributed by atoms with Crippen LogP contribution in [-0.2, 0) is 12.0 Å². The Hall–Kier alpha value is -2.00. The lowest BCUT2D eigenvalue weighted by molar-refractivity contribution is 0.413. The first-order valence-electron chi connectivity index (χ1n) is 8.18. The average molecular weight is 310 g/mol. The second-order valence-electron chi connectivity index (χ2n) is 7.21. The van der Waals surface area contributed by atoms with E-state index in [1.807, 2.05) is 12.1 Å². The van der Waals surface area contributed by atoms with E-state index in [0.29, 0.717) is 6.54 Å². The van der Waals surface area contributed by atoms with Crippen LogP contribution in [0.2, 0.25) is 0 Å². The number of ether oxygens (including phenoxy) is 1. The smallest absolute Gasteiger partial charge is 0.142 e. The molecule has 0 aromatic heterocycles. The van der Waals surface area contributed by atoms with Crippen LogP contribution in [0.3, 0.4) is 0 Å². The highest BCUT2D eigenvalue weighted by Gasteiger charge is 2.31. The number of nitrogens with zero attached hydrogens (tertiary/aromatic N) is 1. The fraction of sp³-hybridized carbons (Fsp3) is 0.400. The monoisotopic (exact) mass is 310 g/mol. The van der Waals surface area contributed by atoms with Gasteiger partial charge in [0.1, 0.15) is 5.75 Å². The lowest BCUT2D eigenvalue weighted by Crippen LogP contribution is -2.28. The number of nitrogens with two attached hydrogens (primary N) is 1. The van der Waals surface area contributed by atoms with Gasteiger partial charge in [0.15, 0.2) is 0 Å². The van der Waals surface area contributed by atoms with Crippen molar-refractivity contribution in [1.29, 1.82) is 0 Å². The SMILES string of the molecule is COc1ccccc1N1Cc2ccc(C(C)(C)C)cc2C1CN. The van der Waals surface area contributed by atoms with Gasteiger partial charge in [-0.1, -0.05) is 51.1 Å². The Morgan fingerprint density at radius 1 is 1.17 bits per heavy atom. The molecule has 0 radical (unpaired) electrons. The first-order chi connectivity index (χ1) is 11.0. The Balaban J connectivity index is 2.03. The van der Waals surface area contributed by atoms with E-state index in [0.717, 1.165) is 18.0 Å². The number of rotatable bonds is 3. The summed E-state index contributed by atoms with van der Waals surface area (Å²) in [4.78, 5) is 2.36. The molecule has 2 aromatic rings. The molecule has 0 aliphatic carbocycles. The lowest BCUT2D eigenvalue weighted by atomic mass is 9.85. The summed E-state index contributed by atoms with van der Waals surface area (Å²) in [7, 11) is 1.72. The molecule has 0 saturated heterocycles. The van der Waals surface area contributed by atoms with Crippen molar-refractivity contribution in [3.63, 3.8) is 0 Å². The molecule has 1 unspecified atom stereocenters. The van der Waals surface area contributed by atoms with E-state index < -0.39 is 0 Å². The number of benzene rings is 2. The van der Waals surface area contributed by atoms with Gasteiger partial charge in [-0.3, -0.25) is 0 Å². The standard InChI is InChI=1S/C20H26N2O/c1-20(2,3)15-10-9-14-13-22(18(12-21)16(14)11-15)17-7-5-6-8-19(17)23-4/h5-11,18H,12-13,21H2,1-4H3. The van der Waals surface area contributed by atoms with Crippen molar-refractivity contribution in [2.45, 2.75) is 38.8 Å². The van der Waals surface area contributed by atoms with Gasteiger partial charge >= 0.3 is 0 Å². The molecule has 1 aliphatic rings. The van der Waals surface area contributed by atoms with Crippen LogP contribution in [0.5, 0.6) is 5.75 Å². The molecule has 0 saturated carbocycles. The van der Waals surface area contributed by atoms with Crippen LogP contribution >= 0.6 is 0 Å². The summed E-state index contributed by atoms with van der Waals surface area (Å²) >= 11 is 0.